The number of carbonyl (C=O) groups is 4. The molecule has 2 heterocycles. The SMILES string of the molecule is CC(OC(=O)CCCCOC(=O)CCCCCCCn1c(=O)n(CCCCCCN=C=O)c(=O)n(CCCCCCN=C=O)c1=O)C(=O)OC(C)C(=O)OCC1CO1. The molecule has 58 heavy (non-hydrogen) atoms. The Hall–Kier alpha value is -4.99. The highest BCUT2D eigenvalue weighted by Crippen LogP contribution is 2.11. The van der Waals surface area contributed by atoms with Crippen LogP contribution in [0.4, 0.5) is 0 Å². The number of esters is 4. The van der Waals surface area contributed by atoms with E-state index in [4.69, 9.17) is 23.7 Å². The van der Waals surface area contributed by atoms with Gasteiger partial charge in [0, 0.05) is 32.5 Å². The lowest BCUT2D eigenvalue weighted by molar-refractivity contribution is -0.177. The summed E-state index contributed by atoms with van der Waals surface area (Å²) in [6.07, 6.45) is 10.2. The summed E-state index contributed by atoms with van der Waals surface area (Å²) in [5, 5.41) is 0. The van der Waals surface area contributed by atoms with Gasteiger partial charge in [0.05, 0.1) is 26.3 Å². The van der Waals surface area contributed by atoms with Crippen LogP contribution in [0.5, 0.6) is 0 Å². The van der Waals surface area contributed by atoms with Gasteiger partial charge in [-0.3, -0.25) is 9.59 Å². The zero-order valence-corrected chi connectivity index (χ0v) is 33.9. The molecule has 3 unspecified atom stereocenters. The van der Waals surface area contributed by atoms with Crippen molar-refractivity contribution in [1.29, 1.82) is 0 Å². The van der Waals surface area contributed by atoms with Crippen LogP contribution in [0.25, 0.3) is 0 Å². The molecule has 19 nitrogen and oxygen atoms in total. The fourth-order valence-electron chi connectivity index (χ4n) is 5.75. The number of nitrogens with zero attached hydrogens (tertiary/aromatic N) is 5. The number of rotatable bonds is 33. The minimum atomic E-state index is -1.22. The van der Waals surface area contributed by atoms with E-state index in [9.17, 15) is 43.2 Å². The van der Waals surface area contributed by atoms with Crippen molar-refractivity contribution in [1.82, 2.24) is 13.7 Å². The average Bonchev–Trinajstić information content (AvgIpc) is 4.03. The quantitative estimate of drug-likeness (QED) is 0.0247. The molecule has 1 fully saturated rings. The van der Waals surface area contributed by atoms with Crippen LogP contribution in [0.15, 0.2) is 24.4 Å². The number of hydrogen-bond acceptors (Lipinski definition) is 16. The summed E-state index contributed by atoms with van der Waals surface area (Å²) in [5.74, 6) is -2.60. The molecule has 0 saturated carbocycles. The lowest BCUT2D eigenvalue weighted by Crippen LogP contribution is -2.54. The van der Waals surface area contributed by atoms with Crippen molar-refractivity contribution < 1.29 is 52.5 Å². The largest absolute Gasteiger partial charge is 0.466 e. The summed E-state index contributed by atoms with van der Waals surface area (Å²) in [4.78, 5) is 116. The Balaban J connectivity index is 1.68. The molecule has 19 heteroatoms. The van der Waals surface area contributed by atoms with E-state index in [1.807, 2.05) is 0 Å². The lowest BCUT2D eigenvalue weighted by atomic mass is 10.1. The summed E-state index contributed by atoms with van der Waals surface area (Å²) in [6, 6.07) is 0. The van der Waals surface area contributed by atoms with Gasteiger partial charge in [-0.25, -0.2) is 57.2 Å². The van der Waals surface area contributed by atoms with Gasteiger partial charge in [-0.15, -0.1) is 0 Å². The molecule has 0 aliphatic carbocycles. The highest BCUT2D eigenvalue weighted by molar-refractivity contribution is 5.82. The maximum Gasteiger partial charge on any atom is 0.347 e. The van der Waals surface area contributed by atoms with Crippen molar-refractivity contribution in [2.45, 2.75) is 161 Å². The van der Waals surface area contributed by atoms with E-state index >= 15 is 0 Å². The molecular weight excluding hydrogens is 762 g/mol. The first-order chi connectivity index (χ1) is 28.0. The summed E-state index contributed by atoms with van der Waals surface area (Å²) < 4.78 is 28.6. The molecule has 0 aromatic carbocycles. The Bertz CT molecular complexity index is 1650. The van der Waals surface area contributed by atoms with Gasteiger partial charge in [-0.1, -0.05) is 44.9 Å². The molecular formula is C39H59N5O14. The monoisotopic (exact) mass is 821 g/mol. The van der Waals surface area contributed by atoms with Crippen LogP contribution < -0.4 is 17.1 Å². The summed E-state index contributed by atoms with van der Waals surface area (Å²) in [5.41, 5.74) is -1.90. The van der Waals surface area contributed by atoms with Gasteiger partial charge >= 0.3 is 40.9 Å². The predicted molar refractivity (Wildman–Crippen MR) is 206 cm³/mol. The smallest absolute Gasteiger partial charge is 0.347 e. The molecule has 1 aliphatic heterocycles. The second-order valence-electron chi connectivity index (χ2n) is 14.1. The minimum absolute atomic E-state index is 0.00378. The third kappa shape index (κ3) is 20.4. The summed E-state index contributed by atoms with van der Waals surface area (Å²) in [6.45, 7) is 4.64. The van der Waals surface area contributed by atoms with E-state index in [0.29, 0.717) is 90.3 Å². The van der Waals surface area contributed by atoms with Crippen molar-refractivity contribution in [3.05, 3.63) is 31.5 Å². The molecule has 1 aromatic heterocycles. The number of hydrogen-bond donors (Lipinski definition) is 0. The van der Waals surface area contributed by atoms with Gasteiger partial charge in [0.1, 0.15) is 12.7 Å². The van der Waals surface area contributed by atoms with E-state index in [0.717, 1.165) is 39.4 Å². The second-order valence-corrected chi connectivity index (χ2v) is 14.1. The van der Waals surface area contributed by atoms with Crippen LogP contribution in [0, 0.1) is 0 Å². The first-order valence-corrected chi connectivity index (χ1v) is 20.4. The van der Waals surface area contributed by atoms with Gasteiger partial charge in [-0.2, -0.15) is 0 Å². The standard InChI is InChI=1S/C39H59N5O14/c1-30(35(49)56-27-32-26-55-32)58-36(50)31(2)57-34(48)19-11-17-25-54-33(47)18-10-4-3-7-14-22-42-37(51)43(23-15-8-5-12-20-40-28-45)39(53)44(38(42)52)24-16-9-6-13-21-41-29-46/h30-32H,3-27H2,1-2H3. The molecule has 0 radical (unpaired) electrons. The third-order valence-corrected chi connectivity index (χ3v) is 9.20. The molecule has 0 N–H and O–H groups in total. The predicted octanol–water partition coefficient (Wildman–Crippen LogP) is 2.82. The first-order valence-electron chi connectivity index (χ1n) is 20.4. The van der Waals surface area contributed by atoms with Crippen molar-refractivity contribution in [2.24, 2.45) is 9.98 Å². The van der Waals surface area contributed by atoms with Crippen LogP contribution in [0.3, 0.4) is 0 Å². The molecule has 1 aromatic rings. The molecule has 0 amide bonds. The fourth-order valence-corrected chi connectivity index (χ4v) is 5.75. The van der Waals surface area contributed by atoms with Gasteiger partial charge < -0.3 is 23.7 Å². The highest BCUT2D eigenvalue weighted by Gasteiger charge is 2.29. The highest BCUT2D eigenvalue weighted by atomic mass is 16.6. The fraction of sp³-hybridized carbons (Fsp3) is 0.769. The average molecular weight is 822 g/mol. The van der Waals surface area contributed by atoms with Crippen molar-refractivity contribution in [2.75, 3.05) is 32.9 Å². The number of epoxide rings is 1. The minimum Gasteiger partial charge on any atom is -0.466 e. The Labute approximate surface area is 337 Å². The molecule has 2 rings (SSSR count). The third-order valence-electron chi connectivity index (χ3n) is 9.20. The molecule has 0 bridgehead atoms. The molecule has 1 saturated heterocycles. The topological polar surface area (TPSA) is 243 Å². The van der Waals surface area contributed by atoms with Crippen LogP contribution in [-0.2, 0) is 72.1 Å². The Morgan fingerprint density at radius 1 is 0.603 bits per heavy atom. The molecule has 324 valence electrons. The normalized spacial score (nSPS) is 14.0. The van der Waals surface area contributed by atoms with Crippen molar-refractivity contribution >= 4 is 36.0 Å². The van der Waals surface area contributed by atoms with E-state index in [2.05, 4.69) is 9.98 Å². The van der Waals surface area contributed by atoms with Crippen LogP contribution >= 0.6 is 0 Å². The molecule has 3 atom stereocenters. The zero-order valence-electron chi connectivity index (χ0n) is 33.9. The van der Waals surface area contributed by atoms with Crippen molar-refractivity contribution in [3.63, 3.8) is 0 Å². The lowest BCUT2D eigenvalue weighted by Gasteiger charge is -2.16. The first kappa shape index (κ1) is 49.2. The van der Waals surface area contributed by atoms with Gasteiger partial charge in [0.15, 0.2) is 12.2 Å². The van der Waals surface area contributed by atoms with Crippen molar-refractivity contribution in [3.8, 4) is 0 Å². The van der Waals surface area contributed by atoms with E-state index in [1.54, 1.807) is 0 Å². The van der Waals surface area contributed by atoms with E-state index in [-0.39, 0.29) is 57.8 Å². The number of isocyanates is 2. The number of aliphatic imine (C=N–C) groups is 2. The van der Waals surface area contributed by atoms with Gasteiger partial charge in [0.25, 0.3) is 0 Å². The summed E-state index contributed by atoms with van der Waals surface area (Å²) >= 11 is 0. The van der Waals surface area contributed by atoms with Crippen LogP contribution in [0.1, 0.15) is 123 Å². The Morgan fingerprint density at radius 2 is 1.03 bits per heavy atom. The number of ether oxygens (including phenoxy) is 5. The number of unbranched alkanes of at least 4 members (excludes halogenated alkanes) is 11. The maximum absolute atomic E-state index is 13.3. The van der Waals surface area contributed by atoms with Gasteiger partial charge in [0.2, 0.25) is 12.2 Å². The van der Waals surface area contributed by atoms with E-state index < -0.39 is 47.2 Å². The number of carbonyl (C=O) groups excluding carboxylic acids is 6. The molecule has 1 aliphatic rings. The van der Waals surface area contributed by atoms with E-state index in [1.165, 1.54) is 26.0 Å². The zero-order chi connectivity index (χ0) is 42.5. The maximum atomic E-state index is 13.3. The summed E-state index contributed by atoms with van der Waals surface area (Å²) in [7, 11) is 0. The Morgan fingerprint density at radius 3 is 1.53 bits per heavy atom. The second kappa shape index (κ2) is 29.3. The Kier molecular flexibility index (Phi) is 24.8. The molecule has 0 spiro atoms. The number of aromatic nitrogens is 3. The van der Waals surface area contributed by atoms with Gasteiger partial charge in [-0.05, 0) is 65.2 Å². The van der Waals surface area contributed by atoms with Crippen LogP contribution in [-0.4, -0.2) is 101 Å². The van der Waals surface area contributed by atoms with Crippen LogP contribution in [0.2, 0.25) is 0 Å².